The Morgan fingerprint density at radius 3 is 2.10 bits per heavy atom. The summed E-state index contributed by atoms with van der Waals surface area (Å²) in [5, 5.41) is 9.93. The van der Waals surface area contributed by atoms with E-state index < -0.39 is 18.2 Å². The van der Waals surface area contributed by atoms with Gasteiger partial charge in [-0.05, 0) is 24.5 Å². The molecule has 1 aromatic rings. The number of rotatable bonds is 5. The van der Waals surface area contributed by atoms with E-state index in [9.17, 15) is 22.8 Å². The number of nitrogens with zero attached hydrogens (tertiary/aromatic N) is 1. The molecule has 0 spiro atoms. The lowest BCUT2D eigenvalue weighted by Crippen LogP contribution is -2.43. The molecule has 160 valence electrons. The van der Waals surface area contributed by atoms with Crippen molar-refractivity contribution in [3.05, 3.63) is 47.5 Å². The molecule has 2 atom stereocenters. The summed E-state index contributed by atoms with van der Waals surface area (Å²) in [5.74, 6) is -3.00. The molecule has 7 nitrogen and oxygen atoms in total. The Balaban J connectivity index is 0.000000516. The molecule has 0 unspecified atom stereocenters. The van der Waals surface area contributed by atoms with Crippen LogP contribution in [-0.2, 0) is 27.5 Å². The zero-order chi connectivity index (χ0) is 22.2. The van der Waals surface area contributed by atoms with E-state index in [0.717, 1.165) is 0 Å². The third-order valence-corrected chi connectivity index (χ3v) is 4.05. The van der Waals surface area contributed by atoms with Gasteiger partial charge in [-0.15, -0.1) is 0 Å². The van der Waals surface area contributed by atoms with E-state index in [4.69, 9.17) is 15.6 Å². The maximum Gasteiger partial charge on any atom is 0.490 e. The number of benzene rings is 1. The molecule has 10 heteroatoms. The van der Waals surface area contributed by atoms with E-state index in [1.54, 1.807) is 24.0 Å². The summed E-state index contributed by atoms with van der Waals surface area (Å²) >= 11 is 0. The molecule has 0 saturated heterocycles. The molecule has 1 aliphatic heterocycles. The Morgan fingerprint density at radius 2 is 1.72 bits per heavy atom. The number of nitrogens with two attached hydrogens (primary N) is 1. The molecule has 0 fully saturated rings. The van der Waals surface area contributed by atoms with Gasteiger partial charge in [0.1, 0.15) is 0 Å². The van der Waals surface area contributed by atoms with Crippen LogP contribution in [0.4, 0.5) is 13.2 Å². The van der Waals surface area contributed by atoms with Gasteiger partial charge in [0.25, 0.3) is 0 Å². The highest BCUT2D eigenvalue weighted by Crippen LogP contribution is 2.22. The van der Waals surface area contributed by atoms with E-state index in [1.165, 1.54) is 11.1 Å². The molecule has 1 aromatic carbocycles. The van der Waals surface area contributed by atoms with Crippen molar-refractivity contribution in [3.63, 3.8) is 0 Å². The lowest BCUT2D eigenvalue weighted by molar-refractivity contribution is -0.192. The van der Waals surface area contributed by atoms with E-state index in [-0.39, 0.29) is 17.9 Å². The molecule has 1 aliphatic rings. The van der Waals surface area contributed by atoms with Gasteiger partial charge in [-0.1, -0.05) is 37.3 Å². The number of hydrogen-bond acceptors (Lipinski definition) is 4. The monoisotopic (exact) mass is 415 g/mol. The fourth-order valence-electron chi connectivity index (χ4n) is 2.39. The predicted molar refractivity (Wildman–Crippen MR) is 99.4 cm³/mol. The minimum atomic E-state index is -5.08. The standard InChI is InChI=1S/C17H23N3O2.C2HF3O2/c1-3-15(19-17(22)12(2)18)8-9-16(21)20-10-13-6-4-5-7-14(13)11-20;3-2(4,5)1(6)7/h4-9,12,15H,3,10-11,18H2,1-2H3,(H,19,22);(H,6,7)/b9-8+;/t12-,15-;/m0./s1. The molecule has 1 heterocycles. The van der Waals surface area contributed by atoms with Crippen LogP contribution in [0.2, 0.25) is 0 Å². The second-order valence-electron chi connectivity index (χ2n) is 6.44. The first-order valence-corrected chi connectivity index (χ1v) is 8.85. The Kier molecular flexibility index (Phi) is 8.84. The van der Waals surface area contributed by atoms with Crippen molar-refractivity contribution in [1.29, 1.82) is 0 Å². The molecular weight excluding hydrogens is 391 g/mol. The summed E-state index contributed by atoms with van der Waals surface area (Å²) in [4.78, 5) is 34.5. The maximum atomic E-state index is 12.3. The number of hydrogen-bond donors (Lipinski definition) is 3. The van der Waals surface area contributed by atoms with Crippen molar-refractivity contribution >= 4 is 17.8 Å². The highest BCUT2D eigenvalue weighted by molar-refractivity contribution is 5.88. The molecule has 0 saturated carbocycles. The zero-order valence-corrected chi connectivity index (χ0v) is 16.1. The SMILES string of the molecule is CC[C@@H](/C=C/C(=O)N1Cc2ccccc2C1)NC(=O)[C@H](C)N.O=C(O)C(F)(F)F. The molecule has 29 heavy (non-hydrogen) atoms. The van der Waals surface area contributed by atoms with Crippen LogP contribution < -0.4 is 11.1 Å². The summed E-state index contributed by atoms with van der Waals surface area (Å²) in [5.41, 5.74) is 7.92. The molecule has 2 amide bonds. The fraction of sp³-hybridized carbons (Fsp3) is 0.421. The Hall–Kier alpha value is -2.88. The summed E-state index contributed by atoms with van der Waals surface area (Å²) in [6.07, 6.45) is -1.09. The second kappa shape index (κ2) is 10.6. The van der Waals surface area contributed by atoms with Crippen LogP contribution in [0.1, 0.15) is 31.4 Å². The van der Waals surface area contributed by atoms with Gasteiger partial charge < -0.3 is 21.1 Å². The van der Waals surface area contributed by atoms with Crippen LogP contribution in [-0.4, -0.2) is 46.1 Å². The van der Waals surface area contributed by atoms with Gasteiger partial charge in [0, 0.05) is 25.2 Å². The van der Waals surface area contributed by atoms with E-state index in [1.807, 2.05) is 31.2 Å². The number of alkyl halides is 3. The van der Waals surface area contributed by atoms with Crippen molar-refractivity contribution in [1.82, 2.24) is 10.2 Å². The van der Waals surface area contributed by atoms with Crippen molar-refractivity contribution in [2.45, 2.75) is 51.6 Å². The zero-order valence-electron chi connectivity index (χ0n) is 16.1. The van der Waals surface area contributed by atoms with Gasteiger partial charge in [-0.2, -0.15) is 13.2 Å². The maximum absolute atomic E-state index is 12.3. The number of carboxylic acid groups (broad SMARTS) is 1. The first kappa shape index (κ1) is 24.2. The number of nitrogens with one attached hydrogen (secondary N) is 1. The summed E-state index contributed by atoms with van der Waals surface area (Å²) in [7, 11) is 0. The van der Waals surface area contributed by atoms with E-state index in [0.29, 0.717) is 19.5 Å². The topological polar surface area (TPSA) is 113 Å². The highest BCUT2D eigenvalue weighted by atomic mass is 19.4. The molecule has 0 radical (unpaired) electrons. The summed E-state index contributed by atoms with van der Waals surface area (Å²) in [6, 6.07) is 7.34. The first-order chi connectivity index (χ1) is 13.5. The third kappa shape index (κ3) is 7.94. The van der Waals surface area contributed by atoms with Gasteiger partial charge in [0.15, 0.2) is 0 Å². The van der Waals surface area contributed by atoms with E-state index in [2.05, 4.69) is 5.32 Å². The first-order valence-electron chi connectivity index (χ1n) is 8.85. The van der Waals surface area contributed by atoms with E-state index >= 15 is 0 Å². The smallest absolute Gasteiger partial charge is 0.475 e. The predicted octanol–water partition coefficient (Wildman–Crippen LogP) is 1.96. The Bertz CT molecular complexity index is 738. The van der Waals surface area contributed by atoms with Gasteiger partial charge in [-0.3, -0.25) is 9.59 Å². The average Bonchev–Trinajstić information content (AvgIpc) is 3.08. The molecule has 2 rings (SSSR count). The number of carbonyl (C=O) groups is 3. The van der Waals surface area contributed by atoms with Crippen LogP contribution in [0, 0.1) is 0 Å². The van der Waals surface area contributed by atoms with Crippen molar-refractivity contribution in [2.75, 3.05) is 0 Å². The highest BCUT2D eigenvalue weighted by Gasteiger charge is 2.38. The van der Waals surface area contributed by atoms with Crippen molar-refractivity contribution in [3.8, 4) is 0 Å². The molecular formula is C19H24F3N3O4. The number of fused-ring (bicyclic) bond motifs is 1. The van der Waals surface area contributed by atoms with Crippen molar-refractivity contribution in [2.24, 2.45) is 5.73 Å². The van der Waals surface area contributed by atoms with Crippen LogP contribution in [0.5, 0.6) is 0 Å². The van der Waals surface area contributed by atoms with Crippen LogP contribution >= 0.6 is 0 Å². The normalized spacial score (nSPS) is 15.2. The number of halogens is 3. The largest absolute Gasteiger partial charge is 0.490 e. The van der Waals surface area contributed by atoms with Crippen LogP contribution in [0.3, 0.4) is 0 Å². The molecule has 0 aromatic heterocycles. The van der Waals surface area contributed by atoms with Gasteiger partial charge >= 0.3 is 12.1 Å². The summed E-state index contributed by atoms with van der Waals surface area (Å²) < 4.78 is 31.7. The van der Waals surface area contributed by atoms with Crippen LogP contribution in [0.15, 0.2) is 36.4 Å². The van der Waals surface area contributed by atoms with Gasteiger partial charge in [0.05, 0.1) is 6.04 Å². The second-order valence-corrected chi connectivity index (χ2v) is 6.44. The summed E-state index contributed by atoms with van der Waals surface area (Å²) in [6.45, 7) is 4.87. The van der Waals surface area contributed by atoms with Crippen LogP contribution in [0.25, 0.3) is 0 Å². The minimum absolute atomic E-state index is 0.0373. The average molecular weight is 415 g/mol. The Labute approximate surface area is 166 Å². The molecule has 0 bridgehead atoms. The van der Waals surface area contributed by atoms with Crippen molar-refractivity contribution < 1.29 is 32.7 Å². The lowest BCUT2D eigenvalue weighted by atomic mass is 10.1. The molecule has 4 N–H and O–H groups in total. The number of amides is 2. The lowest BCUT2D eigenvalue weighted by Gasteiger charge is -2.16. The molecule has 0 aliphatic carbocycles. The fourth-order valence-corrected chi connectivity index (χ4v) is 2.39. The third-order valence-electron chi connectivity index (χ3n) is 4.05. The van der Waals surface area contributed by atoms with Gasteiger partial charge in [0.2, 0.25) is 11.8 Å². The number of aliphatic carboxylic acids is 1. The quantitative estimate of drug-likeness (QED) is 0.637. The number of carbonyl (C=O) groups excluding carboxylic acids is 2. The van der Waals surface area contributed by atoms with Gasteiger partial charge in [-0.25, -0.2) is 4.79 Å². The minimum Gasteiger partial charge on any atom is -0.475 e. The number of carboxylic acids is 1. The Morgan fingerprint density at radius 1 is 1.24 bits per heavy atom.